The van der Waals surface area contributed by atoms with Gasteiger partial charge in [0.15, 0.2) is 0 Å². The van der Waals surface area contributed by atoms with Crippen molar-refractivity contribution in [3.63, 3.8) is 0 Å². The van der Waals surface area contributed by atoms with Gasteiger partial charge < -0.3 is 0 Å². The Labute approximate surface area is 95.5 Å². The Morgan fingerprint density at radius 1 is 1.56 bits per heavy atom. The molecule has 0 saturated carbocycles. The van der Waals surface area contributed by atoms with E-state index in [1.54, 1.807) is 13.3 Å². The Hall–Kier alpha value is -0.970. The molecular weight excluding hydrogens is 207 g/mol. The highest BCUT2D eigenvalue weighted by atomic mass is 19.1. The SMILES string of the molecule is CCn1ncnc1CN1CCC[C@](C)(F)C1. The van der Waals surface area contributed by atoms with Crippen molar-refractivity contribution >= 4 is 0 Å². The number of piperidine rings is 1. The maximum Gasteiger partial charge on any atom is 0.140 e. The molecule has 1 aliphatic rings. The summed E-state index contributed by atoms with van der Waals surface area (Å²) in [6.45, 7) is 6.69. The zero-order valence-electron chi connectivity index (χ0n) is 9.99. The van der Waals surface area contributed by atoms with E-state index in [4.69, 9.17) is 0 Å². The molecule has 0 bridgehead atoms. The van der Waals surface area contributed by atoms with Crippen LogP contribution in [0.4, 0.5) is 4.39 Å². The second-order valence-electron chi connectivity index (χ2n) is 4.72. The van der Waals surface area contributed by atoms with Crippen molar-refractivity contribution in [3.8, 4) is 0 Å². The Balaban J connectivity index is 1.99. The largest absolute Gasteiger partial charge is 0.293 e. The number of nitrogens with zero attached hydrogens (tertiary/aromatic N) is 4. The van der Waals surface area contributed by atoms with Crippen molar-refractivity contribution in [2.75, 3.05) is 13.1 Å². The summed E-state index contributed by atoms with van der Waals surface area (Å²) < 4.78 is 15.7. The van der Waals surface area contributed by atoms with Crippen LogP contribution in [-0.2, 0) is 13.1 Å². The molecule has 0 spiro atoms. The van der Waals surface area contributed by atoms with Gasteiger partial charge in [-0.1, -0.05) is 0 Å². The molecule has 0 N–H and O–H groups in total. The van der Waals surface area contributed by atoms with Crippen LogP contribution in [0.1, 0.15) is 32.5 Å². The summed E-state index contributed by atoms with van der Waals surface area (Å²) in [5.74, 6) is 0.931. The topological polar surface area (TPSA) is 34.0 Å². The molecule has 1 aliphatic heterocycles. The van der Waals surface area contributed by atoms with Gasteiger partial charge in [-0.05, 0) is 33.2 Å². The normalized spacial score (nSPS) is 27.2. The highest BCUT2D eigenvalue weighted by molar-refractivity contribution is 4.89. The predicted molar refractivity (Wildman–Crippen MR) is 59.7 cm³/mol. The van der Waals surface area contributed by atoms with Gasteiger partial charge in [0.25, 0.3) is 0 Å². The first-order chi connectivity index (χ1) is 7.61. The van der Waals surface area contributed by atoms with E-state index >= 15 is 0 Å². The molecule has 0 amide bonds. The van der Waals surface area contributed by atoms with E-state index in [0.29, 0.717) is 19.5 Å². The fourth-order valence-electron chi connectivity index (χ4n) is 2.31. The minimum absolute atomic E-state index is 0.504. The number of likely N-dealkylation sites (tertiary alicyclic amines) is 1. The van der Waals surface area contributed by atoms with Crippen molar-refractivity contribution in [2.45, 2.75) is 45.4 Å². The zero-order chi connectivity index (χ0) is 11.6. The van der Waals surface area contributed by atoms with Crippen molar-refractivity contribution in [2.24, 2.45) is 0 Å². The van der Waals surface area contributed by atoms with Crippen LogP contribution >= 0.6 is 0 Å². The number of halogens is 1. The van der Waals surface area contributed by atoms with Gasteiger partial charge in [0, 0.05) is 13.1 Å². The Kier molecular flexibility index (Phi) is 3.23. The van der Waals surface area contributed by atoms with Gasteiger partial charge in [-0.2, -0.15) is 5.10 Å². The summed E-state index contributed by atoms with van der Waals surface area (Å²) in [6, 6.07) is 0. The minimum atomic E-state index is -1.05. The quantitative estimate of drug-likeness (QED) is 0.785. The molecule has 1 aromatic rings. The number of aromatic nitrogens is 3. The second-order valence-corrected chi connectivity index (χ2v) is 4.72. The first kappa shape index (κ1) is 11.5. The molecule has 0 aromatic carbocycles. The number of hydrogen-bond acceptors (Lipinski definition) is 3. The molecule has 90 valence electrons. The summed E-state index contributed by atoms with van der Waals surface area (Å²) in [7, 11) is 0. The lowest BCUT2D eigenvalue weighted by Crippen LogP contribution is -2.43. The summed E-state index contributed by atoms with van der Waals surface area (Å²) in [5.41, 5.74) is -1.05. The Morgan fingerprint density at radius 3 is 3.06 bits per heavy atom. The highest BCUT2D eigenvalue weighted by Crippen LogP contribution is 2.25. The van der Waals surface area contributed by atoms with Crippen LogP contribution in [0, 0.1) is 0 Å². The number of alkyl halides is 1. The third-order valence-corrected chi connectivity index (χ3v) is 3.09. The van der Waals surface area contributed by atoms with Crippen LogP contribution in [-0.4, -0.2) is 38.4 Å². The zero-order valence-corrected chi connectivity index (χ0v) is 9.99. The molecule has 0 radical (unpaired) electrons. The molecule has 1 fully saturated rings. The van der Waals surface area contributed by atoms with E-state index in [2.05, 4.69) is 15.0 Å². The van der Waals surface area contributed by atoms with E-state index in [0.717, 1.165) is 25.3 Å². The average Bonchev–Trinajstić information content (AvgIpc) is 2.63. The van der Waals surface area contributed by atoms with Crippen LogP contribution < -0.4 is 0 Å². The molecule has 1 atom stereocenters. The smallest absolute Gasteiger partial charge is 0.140 e. The first-order valence-electron chi connectivity index (χ1n) is 5.89. The van der Waals surface area contributed by atoms with Crippen molar-refractivity contribution in [1.29, 1.82) is 0 Å². The van der Waals surface area contributed by atoms with Gasteiger partial charge >= 0.3 is 0 Å². The molecule has 5 heteroatoms. The maximum absolute atomic E-state index is 13.8. The monoisotopic (exact) mass is 226 g/mol. The molecule has 4 nitrogen and oxygen atoms in total. The van der Waals surface area contributed by atoms with E-state index in [9.17, 15) is 4.39 Å². The fourth-order valence-corrected chi connectivity index (χ4v) is 2.31. The second kappa shape index (κ2) is 4.49. The summed E-state index contributed by atoms with van der Waals surface area (Å²) in [4.78, 5) is 6.34. The molecule has 2 rings (SSSR count). The van der Waals surface area contributed by atoms with Crippen molar-refractivity contribution in [1.82, 2.24) is 19.7 Å². The lowest BCUT2D eigenvalue weighted by atomic mass is 9.97. The van der Waals surface area contributed by atoms with Crippen LogP contribution in [0.3, 0.4) is 0 Å². The molecule has 1 saturated heterocycles. The number of rotatable bonds is 3. The van der Waals surface area contributed by atoms with Gasteiger partial charge in [0.05, 0.1) is 6.54 Å². The molecular formula is C11H19FN4. The van der Waals surface area contributed by atoms with Crippen molar-refractivity contribution in [3.05, 3.63) is 12.2 Å². The Morgan fingerprint density at radius 2 is 2.38 bits per heavy atom. The summed E-state index contributed by atoms with van der Waals surface area (Å²) in [5, 5.41) is 4.12. The molecule has 1 aromatic heterocycles. The number of aryl methyl sites for hydroxylation is 1. The predicted octanol–water partition coefficient (Wildman–Crippen LogP) is 1.62. The molecule has 0 unspecified atom stereocenters. The van der Waals surface area contributed by atoms with Crippen LogP contribution in [0.25, 0.3) is 0 Å². The minimum Gasteiger partial charge on any atom is -0.293 e. The van der Waals surface area contributed by atoms with Crippen LogP contribution in [0.2, 0.25) is 0 Å². The summed E-state index contributed by atoms with van der Waals surface area (Å²) >= 11 is 0. The van der Waals surface area contributed by atoms with E-state index in [1.165, 1.54) is 0 Å². The van der Waals surface area contributed by atoms with Gasteiger partial charge in [0.1, 0.15) is 17.8 Å². The third-order valence-electron chi connectivity index (χ3n) is 3.09. The highest BCUT2D eigenvalue weighted by Gasteiger charge is 2.30. The maximum atomic E-state index is 13.8. The fraction of sp³-hybridized carbons (Fsp3) is 0.818. The average molecular weight is 226 g/mol. The van der Waals surface area contributed by atoms with E-state index in [1.807, 2.05) is 11.6 Å². The first-order valence-corrected chi connectivity index (χ1v) is 5.89. The lowest BCUT2D eigenvalue weighted by Gasteiger charge is -2.34. The summed E-state index contributed by atoms with van der Waals surface area (Å²) in [6.07, 6.45) is 3.16. The third kappa shape index (κ3) is 2.58. The standard InChI is InChI=1S/C11H19FN4/c1-3-16-10(13-9-14-16)7-15-6-4-5-11(2,12)8-15/h9H,3-8H2,1-2H3/t11-/m0/s1. The van der Waals surface area contributed by atoms with E-state index < -0.39 is 5.67 Å². The molecule has 0 aliphatic carbocycles. The number of hydrogen-bond donors (Lipinski definition) is 0. The van der Waals surface area contributed by atoms with Gasteiger partial charge in [-0.25, -0.2) is 14.1 Å². The van der Waals surface area contributed by atoms with Crippen LogP contribution in [0.15, 0.2) is 6.33 Å². The van der Waals surface area contributed by atoms with Gasteiger partial charge in [0.2, 0.25) is 0 Å². The van der Waals surface area contributed by atoms with Gasteiger partial charge in [-0.15, -0.1) is 0 Å². The van der Waals surface area contributed by atoms with Crippen LogP contribution in [0.5, 0.6) is 0 Å². The van der Waals surface area contributed by atoms with E-state index in [-0.39, 0.29) is 0 Å². The lowest BCUT2D eigenvalue weighted by molar-refractivity contribution is 0.0541. The van der Waals surface area contributed by atoms with Crippen molar-refractivity contribution < 1.29 is 4.39 Å². The Bertz CT molecular complexity index is 348. The van der Waals surface area contributed by atoms with Gasteiger partial charge in [-0.3, -0.25) is 4.90 Å². The molecule has 16 heavy (non-hydrogen) atoms. The molecule has 2 heterocycles.